The molecule has 0 saturated heterocycles. The molecule has 1 aromatic heterocycles. The van der Waals surface area contributed by atoms with Crippen LogP contribution in [-0.2, 0) is 6.54 Å². The first-order valence-electron chi connectivity index (χ1n) is 5.02. The SMILES string of the molecule is O=C(NCc1ccc(F)cc1)c1cc(Cl)c[nH]1. The number of benzene rings is 1. The Labute approximate surface area is 103 Å². The van der Waals surface area contributed by atoms with Gasteiger partial charge in [-0.15, -0.1) is 0 Å². The standard InChI is InChI=1S/C12H10ClFN2O/c13-9-5-11(15-7-9)12(17)16-6-8-1-3-10(14)4-2-8/h1-5,7,15H,6H2,(H,16,17). The Hall–Kier alpha value is -1.81. The Balaban J connectivity index is 1.94. The molecule has 1 aromatic carbocycles. The van der Waals surface area contributed by atoms with Gasteiger partial charge >= 0.3 is 0 Å². The van der Waals surface area contributed by atoms with Gasteiger partial charge in [0.05, 0.1) is 5.02 Å². The molecule has 3 nitrogen and oxygen atoms in total. The van der Waals surface area contributed by atoms with Crippen LogP contribution in [0.15, 0.2) is 36.5 Å². The van der Waals surface area contributed by atoms with Gasteiger partial charge in [-0.25, -0.2) is 4.39 Å². The van der Waals surface area contributed by atoms with Crippen molar-refractivity contribution in [2.45, 2.75) is 6.54 Å². The number of aromatic nitrogens is 1. The Bertz CT molecular complexity index is 522. The highest BCUT2D eigenvalue weighted by molar-refractivity contribution is 6.30. The van der Waals surface area contributed by atoms with Crippen LogP contribution in [0.2, 0.25) is 5.02 Å². The van der Waals surface area contributed by atoms with Crippen molar-refractivity contribution in [3.63, 3.8) is 0 Å². The lowest BCUT2D eigenvalue weighted by molar-refractivity contribution is 0.0946. The van der Waals surface area contributed by atoms with E-state index in [2.05, 4.69) is 10.3 Å². The molecule has 0 aliphatic carbocycles. The monoisotopic (exact) mass is 252 g/mol. The van der Waals surface area contributed by atoms with Crippen LogP contribution in [0.3, 0.4) is 0 Å². The van der Waals surface area contributed by atoms with Gasteiger partial charge in [-0.2, -0.15) is 0 Å². The molecular formula is C12H10ClFN2O. The number of H-pyrrole nitrogens is 1. The molecule has 17 heavy (non-hydrogen) atoms. The second-order valence-corrected chi connectivity index (χ2v) is 3.98. The van der Waals surface area contributed by atoms with Gasteiger partial charge in [0.25, 0.3) is 5.91 Å². The minimum Gasteiger partial charge on any atom is -0.356 e. The Morgan fingerprint density at radius 2 is 2.06 bits per heavy atom. The first-order chi connectivity index (χ1) is 8.15. The summed E-state index contributed by atoms with van der Waals surface area (Å²) in [5.74, 6) is -0.544. The van der Waals surface area contributed by atoms with Crippen molar-refractivity contribution < 1.29 is 9.18 Å². The molecule has 0 bridgehead atoms. The lowest BCUT2D eigenvalue weighted by atomic mass is 10.2. The summed E-state index contributed by atoms with van der Waals surface area (Å²) in [7, 11) is 0. The van der Waals surface area contributed by atoms with Gasteiger partial charge in [0.15, 0.2) is 0 Å². The number of amides is 1. The van der Waals surface area contributed by atoms with Crippen molar-refractivity contribution in [2.24, 2.45) is 0 Å². The highest BCUT2D eigenvalue weighted by Gasteiger charge is 2.07. The molecule has 0 saturated carbocycles. The molecule has 1 amide bonds. The molecule has 1 heterocycles. The lowest BCUT2D eigenvalue weighted by Gasteiger charge is -2.03. The molecule has 2 aromatic rings. The van der Waals surface area contributed by atoms with E-state index in [9.17, 15) is 9.18 Å². The predicted octanol–water partition coefficient (Wildman–Crippen LogP) is 2.74. The van der Waals surface area contributed by atoms with Gasteiger partial charge in [0, 0.05) is 12.7 Å². The number of nitrogens with one attached hydrogen (secondary N) is 2. The van der Waals surface area contributed by atoms with Crippen LogP contribution in [0.5, 0.6) is 0 Å². The first kappa shape index (κ1) is 11.7. The average Bonchev–Trinajstić information content (AvgIpc) is 2.75. The second-order valence-electron chi connectivity index (χ2n) is 3.54. The fourth-order valence-electron chi connectivity index (χ4n) is 1.38. The molecule has 0 fully saturated rings. The number of rotatable bonds is 3. The van der Waals surface area contributed by atoms with Gasteiger partial charge in [-0.3, -0.25) is 4.79 Å². The summed E-state index contributed by atoms with van der Waals surface area (Å²) in [5.41, 5.74) is 1.23. The van der Waals surface area contributed by atoms with Crippen LogP contribution >= 0.6 is 11.6 Å². The highest BCUT2D eigenvalue weighted by atomic mass is 35.5. The molecule has 0 atom stereocenters. The third-order valence-corrected chi connectivity index (χ3v) is 2.48. The van der Waals surface area contributed by atoms with Crippen molar-refractivity contribution in [1.29, 1.82) is 0 Å². The highest BCUT2D eigenvalue weighted by Crippen LogP contribution is 2.09. The number of hydrogen-bond acceptors (Lipinski definition) is 1. The van der Waals surface area contributed by atoms with E-state index in [-0.39, 0.29) is 11.7 Å². The quantitative estimate of drug-likeness (QED) is 0.867. The smallest absolute Gasteiger partial charge is 0.268 e. The van der Waals surface area contributed by atoms with Crippen LogP contribution in [0.25, 0.3) is 0 Å². The van der Waals surface area contributed by atoms with Crippen LogP contribution in [0.4, 0.5) is 4.39 Å². The van der Waals surface area contributed by atoms with E-state index in [4.69, 9.17) is 11.6 Å². The number of carbonyl (C=O) groups is 1. The average molecular weight is 253 g/mol. The van der Waals surface area contributed by atoms with Gasteiger partial charge in [0.1, 0.15) is 11.5 Å². The van der Waals surface area contributed by atoms with E-state index >= 15 is 0 Å². The third kappa shape index (κ3) is 3.07. The van der Waals surface area contributed by atoms with E-state index < -0.39 is 0 Å². The maximum Gasteiger partial charge on any atom is 0.268 e. The van der Waals surface area contributed by atoms with E-state index in [0.29, 0.717) is 17.3 Å². The van der Waals surface area contributed by atoms with E-state index in [0.717, 1.165) is 5.56 Å². The Kier molecular flexibility index (Phi) is 3.44. The normalized spacial score (nSPS) is 10.2. The Morgan fingerprint density at radius 1 is 1.35 bits per heavy atom. The summed E-state index contributed by atoms with van der Waals surface area (Å²) in [6, 6.07) is 7.50. The number of aromatic amines is 1. The minimum absolute atomic E-state index is 0.249. The van der Waals surface area contributed by atoms with Crippen molar-refractivity contribution in [2.75, 3.05) is 0 Å². The largest absolute Gasteiger partial charge is 0.356 e. The maximum absolute atomic E-state index is 12.6. The van der Waals surface area contributed by atoms with Gasteiger partial charge < -0.3 is 10.3 Å². The van der Waals surface area contributed by atoms with Crippen LogP contribution < -0.4 is 5.32 Å². The summed E-state index contributed by atoms with van der Waals surface area (Å²) in [6.07, 6.45) is 1.54. The molecule has 2 N–H and O–H groups in total. The molecule has 0 aliphatic rings. The summed E-state index contributed by atoms with van der Waals surface area (Å²) >= 11 is 5.69. The van der Waals surface area contributed by atoms with E-state index in [1.54, 1.807) is 18.2 Å². The topological polar surface area (TPSA) is 44.9 Å². The van der Waals surface area contributed by atoms with Crippen LogP contribution in [0.1, 0.15) is 16.1 Å². The molecule has 0 spiro atoms. The maximum atomic E-state index is 12.6. The summed E-state index contributed by atoms with van der Waals surface area (Å²) < 4.78 is 12.6. The molecule has 0 aliphatic heterocycles. The number of halogens is 2. The second kappa shape index (κ2) is 5.01. The van der Waals surface area contributed by atoms with Crippen LogP contribution in [-0.4, -0.2) is 10.9 Å². The molecule has 88 valence electrons. The zero-order valence-electron chi connectivity index (χ0n) is 8.84. The molecule has 0 unspecified atom stereocenters. The van der Waals surface area contributed by atoms with Gasteiger partial charge in [-0.1, -0.05) is 23.7 Å². The third-order valence-electron chi connectivity index (χ3n) is 2.26. The van der Waals surface area contributed by atoms with Crippen molar-refractivity contribution >= 4 is 17.5 Å². The summed E-state index contributed by atoms with van der Waals surface area (Å²) in [5, 5.41) is 3.18. The first-order valence-corrected chi connectivity index (χ1v) is 5.39. The zero-order valence-corrected chi connectivity index (χ0v) is 9.59. The molecular weight excluding hydrogens is 243 g/mol. The van der Waals surface area contributed by atoms with Crippen molar-refractivity contribution in [3.8, 4) is 0 Å². The van der Waals surface area contributed by atoms with Crippen molar-refractivity contribution in [1.82, 2.24) is 10.3 Å². The van der Waals surface area contributed by atoms with Crippen molar-refractivity contribution in [3.05, 3.63) is 58.6 Å². The number of carbonyl (C=O) groups excluding carboxylic acids is 1. The Morgan fingerprint density at radius 3 is 2.65 bits per heavy atom. The molecule has 5 heteroatoms. The van der Waals surface area contributed by atoms with Crippen LogP contribution in [0, 0.1) is 5.82 Å². The summed E-state index contributed by atoms with van der Waals surface area (Å²) in [4.78, 5) is 14.4. The summed E-state index contributed by atoms with van der Waals surface area (Å²) in [6.45, 7) is 0.343. The minimum atomic E-state index is -0.295. The molecule has 2 rings (SSSR count). The van der Waals surface area contributed by atoms with Gasteiger partial charge in [0.2, 0.25) is 0 Å². The van der Waals surface area contributed by atoms with Gasteiger partial charge in [-0.05, 0) is 23.8 Å². The van der Waals surface area contributed by atoms with E-state index in [1.807, 2.05) is 0 Å². The predicted molar refractivity (Wildman–Crippen MR) is 63.4 cm³/mol. The zero-order chi connectivity index (χ0) is 12.3. The fraction of sp³-hybridized carbons (Fsp3) is 0.0833. The lowest BCUT2D eigenvalue weighted by Crippen LogP contribution is -2.22. The molecule has 0 radical (unpaired) electrons. The van der Waals surface area contributed by atoms with E-state index in [1.165, 1.54) is 18.3 Å². The number of hydrogen-bond donors (Lipinski definition) is 2. The fourth-order valence-corrected chi connectivity index (χ4v) is 1.54.